The van der Waals surface area contributed by atoms with Gasteiger partial charge in [-0.3, -0.25) is 9.36 Å². The molecule has 3 aromatic carbocycles. The van der Waals surface area contributed by atoms with Crippen molar-refractivity contribution in [3.63, 3.8) is 0 Å². The summed E-state index contributed by atoms with van der Waals surface area (Å²) in [6.45, 7) is 9.42. The van der Waals surface area contributed by atoms with Gasteiger partial charge in [-0.1, -0.05) is 72.8 Å². The Bertz CT molecular complexity index is 1610. The van der Waals surface area contributed by atoms with Gasteiger partial charge in [-0.05, 0) is 36.6 Å². The Morgan fingerprint density at radius 2 is 1.69 bits per heavy atom. The van der Waals surface area contributed by atoms with E-state index in [0.29, 0.717) is 40.9 Å². The standard InChI is InChI=1S/C30H24N2O4/c1-29-17-18-30(36-29,16-8-13-24(33)19-9-4-3-5-10-19)26-25(29)27(34)32(28(26)35)23-15-14-22(31-2)20-11-6-7-12-21(20)23/h3-12,14-16,34-35H,13,17-18H2,1H3. The van der Waals surface area contributed by atoms with Crippen molar-refractivity contribution in [2.24, 2.45) is 0 Å². The van der Waals surface area contributed by atoms with Crippen molar-refractivity contribution in [2.45, 2.75) is 37.4 Å². The number of carbonyl (C=O) groups excluding carboxylic acids is 1. The minimum absolute atomic E-state index is 0.00163. The summed E-state index contributed by atoms with van der Waals surface area (Å²) in [6, 6.07) is 20.0. The zero-order chi connectivity index (χ0) is 25.1. The molecule has 6 heteroatoms. The van der Waals surface area contributed by atoms with E-state index in [9.17, 15) is 15.0 Å². The number of benzene rings is 3. The molecule has 2 atom stereocenters. The molecule has 2 unspecified atom stereocenters. The molecule has 4 aromatic rings. The van der Waals surface area contributed by atoms with Crippen molar-refractivity contribution in [3.05, 3.63) is 107 Å². The van der Waals surface area contributed by atoms with Gasteiger partial charge in [-0.15, -0.1) is 0 Å². The van der Waals surface area contributed by atoms with Gasteiger partial charge in [0.25, 0.3) is 0 Å². The number of hydrogen-bond acceptors (Lipinski definition) is 4. The van der Waals surface area contributed by atoms with Crippen LogP contribution < -0.4 is 0 Å². The molecule has 1 fully saturated rings. The fraction of sp³-hybridized carbons (Fsp3) is 0.200. The number of rotatable bonds is 5. The molecule has 0 amide bonds. The SMILES string of the molecule is [C-]#[N+]c1ccc(-n2c(O)c3c(c2O)C2(C=CCC(=O)c4ccccc4)CCC3(C)O2)c2ccccc12. The first-order valence-electron chi connectivity index (χ1n) is 11.9. The number of Topliss-reactive ketones (excluding diaryl/α,β-unsaturated/α-hetero) is 1. The van der Waals surface area contributed by atoms with Crippen LogP contribution >= 0.6 is 0 Å². The minimum Gasteiger partial charge on any atom is -0.494 e. The quantitative estimate of drug-likeness (QED) is 0.192. The van der Waals surface area contributed by atoms with Crippen LogP contribution in [0.2, 0.25) is 0 Å². The molecule has 2 aliphatic rings. The lowest BCUT2D eigenvalue weighted by Gasteiger charge is -2.22. The third-order valence-electron chi connectivity index (χ3n) is 7.48. The van der Waals surface area contributed by atoms with Gasteiger partial charge in [-0.25, -0.2) is 4.85 Å². The molecule has 2 bridgehead atoms. The fourth-order valence-corrected chi connectivity index (χ4v) is 5.82. The van der Waals surface area contributed by atoms with Crippen molar-refractivity contribution in [1.82, 2.24) is 4.57 Å². The number of ketones is 1. The molecule has 2 aliphatic heterocycles. The van der Waals surface area contributed by atoms with Gasteiger partial charge in [-0.2, -0.15) is 0 Å². The molecule has 6 nitrogen and oxygen atoms in total. The Labute approximate surface area is 208 Å². The number of fused-ring (bicyclic) bond motifs is 6. The van der Waals surface area contributed by atoms with E-state index in [1.54, 1.807) is 30.3 Å². The highest BCUT2D eigenvalue weighted by Crippen LogP contribution is 2.65. The maximum absolute atomic E-state index is 12.6. The zero-order valence-electron chi connectivity index (χ0n) is 19.7. The molecule has 1 saturated heterocycles. The molecule has 2 N–H and O–H groups in total. The van der Waals surface area contributed by atoms with Crippen LogP contribution in [0.25, 0.3) is 21.3 Å². The topological polar surface area (TPSA) is 76.0 Å². The Kier molecular flexibility index (Phi) is 4.82. The average Bonchev–Trinajstić information content (AvgIpc) is 3.48. The Hall–Kier alpha value is -4.34. The van der Waals surface area contributed by atoms with E-state index >= 15 is 0 Å². The van der Waals surface area contributed by atoms with E-state index in [0.717, 1.165) is 10.8 Å². The van der Waals surface area contributed by atoms with Crippen molar-refractivity contribution in [2.75, 3.05) is 0 Å². The van der Waals surface area contributed by atoms with Gasteiger partial charge in [0, 0.05) is 12.0 Å². The highest BCUT2D eigenvalue weighted by atomic mass is 16.5. The second-order valence-corrected chi connectivity index (χ2v) is 9.61. The van der Waals surface area contributed by atoms with Crippen LogP contribution in [-0.2, 0) is 15.9 Å². The molecule has 3 heterocycles. The summed E-state index contributed by atoms with van der Waals surface area (Å²) in [4.78, 5) is 16.2. The van der Waals surface area contributed by atoms with E-state index in [2.05, 4.69) is 4.85 Å². The first kappa shape index (κ1) is 22.1. The van der Waals surface area contributed by atoms with Gasteiger partial charge in [0.15, 0.2) is 11.5 Å². The van der Waals surface area contributed by atoms with Crippen LogP contribution in [0, 0.1) is 6.57 Å². The Balaban J connectivity index is 1.45. The fourth-order valence-electron chi connectivity index (χ4n) is 5.82. The van der Waals surface area contributed by atoms with Gasteiger partial charge < -0.3 is 14.9 Å². The summed E-state index contributed by atoms with van der Waals surface area (Å²) in [5, 5.41) is 24.4. The predicted octanol–water partition coefficient (Wildman–Crippen LogP) is 6.66. The predicted molar refractivity (Wildman–Crippen MR) is 137 cm³/mol. The summed E-state index contributed by atoms with van der Waals surface area (Å²) in [5.41, 5.74) is 1.15. The molecule has 0 spiro atoms. The lowest BCUT2D eigenvalue weighted by Crippen LogP contribution is -2.19. The molecular formula is C30H24N2O4. The monoisotopic (exact) mass is 476 g/mol. The van der Waals surface area contributed by atoms with E-state index in [1.807, 2.05) is 55.5 Å². The van der Waals surface area contributed by atoms with Crippen LogP contribution in [0.15, 0.2) is 78.9 Å². The molecule has 1 aromatic heterocycles. The lowest BCUT2D eigenvalue weighted by molar-refractivity contribution is -0.0519. The van der Waals surface area contributed by atoms with E-state index in [1.165, 1.54) is 4.57 Å². The van der Waals surface area contributed by atoms with E-state index < -0.39 is 11.2 Å². The highest BCUT2D eigenvalue weighted by molar-refractivity contribution is 6.00. The molecule has 178 valence electrons. The van der Waals surface area contributed by atoms with Crippen molar-refractivity contribution in [1.29, 1.82) is 0 Å². The summed E-state index contributed by atoms with van der Waals surface area (Å²) in [7, 11) is 0. The van der Waals surface area contributed by atoms with Crippen LogP contribution in [0.1, 0.15) is 47.7 Å². The summed E-state index contributed by atoms with van der Waals surface area (Å²) < 4.78 is 7.90. The summed E-state index contributed by atoms with van der Waals surface area (Å²) in [5.74, 6) is -0.162. The number of aromatic hydroxyl groups is 2. The van der Waals surface area contributed by atoms with Crippen LogP contribution in [0.5, 0.6) is 11.8 Å². The van der Waals surface area contributed by atoms with Crippen LogP contribution in [-0.4, -0.2) is 20.6 Å². The second kappa shape index (κ2) is 7.84. The average molecular weight is 477 g/mol. The molecule has 6 rings (SSSR count). The van der Waals surface area contributed by atoms with Crippen molar-refractivity contribution >= 4 is 22.2 Å². The molecule has 0 aliphatic carbocycles. The number of ether oxygens (including phenoxy) is 1. The Morgan fingerprint density at radius 1 is 1.00 bits per heavy atom. The largest absolute Gasteiger partial charge is 0.494 e. The van der Waals surface area contributed by atoms with E-state index in [-0.39, 0.29) is 24.0 Å². The smallest absolute Gasteiger partial charge is 0.205 e. The van der Waals surface area contributed by atoms with E-state index in [4.69, 9.17) is 11.3 Å². The number of allylic oxidation sites excluding steroid dienone is 1. The number of nitrogens with zero attached hydrogens (tertiary/aromatic N) is 2. The maximum Gasteiger partial charge on any atom is 0.205 e. The number of aromatic nitrogens is 1. The maximum atomic E-state index is 12.6. The molecular weight excluding hydrogens is 452 g/mol. The van der Waals surface area contributed by atoms with Gasteiger partial charge >= 0.3 is 0 Å². The summed E-state index contributed by atoms with van der Waals surface area (Å²) in [6.07, 6.45) is 5.15. The summed E-state index contributed by atoms with van der Waals surface area (Å²) >= 11 is 0. The molecule has 0 saturated carbocycles. The normalized spacial score (nSPS) is 22.2. The van der Waals surface area contributed by atoms with Crippen molar-refractivity contribution < 1.29 is 19.7 Å². The van der Waals surface area contributed by atoms with Gasteiger partial charge in [0.05, 0.1) is 29.0 Å². The minimum atomic E-state index is -0.930. The first-order chi connectivity index (χ1) is 17.4. The first-order valence-corrected chi connectivity index (χ1v) is 11.9. The number of carbonyl (C=O) groups is 1. The third kappa shape index (κ3) is 3.03. The lowest BCUT2D eigenvalue weighted by atomic mass is 9.79. The van der Waals surface area contributed by atoms with Crippen LogP contribution in [0.4, 0.5) is 5.69 Å². The highest BCUT2D eigenvalue weighted by Gasteiger charge is 2.60. The third-order valence-corrected chi connectivity index (χ3v) is 7.48. The van der Waals surface area contributed by atoms with Crippen LogP contribution in [0.3, 0.4) is 0 Å². The van der Waals surface area contributed by atoms with Gasteiger partial charge in [0.1, 0.15) is 5.60 Å². The molecule has 0 radical (unpaired) electrons. The van der Waals surface area contributed by atoms with Crippen molar-refractivity contribution in [3.8, 4) is 17.4 Å². The van der Waals surface area contributed by atoms with Gasteiger partial charge in [0.2, 0.25) is 11.8 Å². The zero-order valence-corrected chi connectivity index (χ0v) is 19.7. The Morgan fingerprint density at radius 3 is 2.44 bits per heavy atom. The second-order valence-electron chi connectivity index (χ2n) is 9.61. The molecule has 36 heavy (non-hydrogen) atoms. The number of hydrogen-bond donors (Lipinski definition) is 2.